The summed E-state index contributed by atoms with van der Waals surface area (Å²) in [7, 11) is -4.42. The first-order valence-electron chi connectivity index (χ1n) is 7.71. The quantitative estimate of drug-likeness (QED) is 0.330. The minimum Gasteiger partial charge on any atom is -0.378 e. The van der Waals surface area contributed by atoms with Gasteiger partial charge in [-0.25, -0.2) is 0 Å². The second kappa shape index (κ2) is 7.37. The Morgan fingerprint density at radius 2 is 1.75 bits per heavy atom. The molecule has 9 nitrogen and oxygen atoms in total. The zero-order valence-electron chi connectivity index (χ0n) is 14.3. The molecule has 0 unspecified atom stereocenters. The zero-order chi connectivity index (χ0) is 20.5. The summed E-state index contributed by atoms with van der Waals surface area (Å²) in [6.45, 7) is 1.31. The van der Waals surface area contributed by atoms with Gasteiger partial charge in [-0.15, -0.1) is 11.3 Å². The topological polar surface area (TPSA) is 130 Å². The second-order valence-corrected chi connectivity index (χ2v) is 8.07. The van der Waals surface area contributed by atoms with Gasteiger partial charge in [-0.1, -0.05) is 12.1 Å². The third-order valence-corrected chi connectivity index (χ3v) is 6.16. The molecule has 0 saturated carbocycles. The molecule has 0 N–H and O–H groups in total. The molecule has 0 spiro atoms. The Bertz CT molecular complexity index is 1170. The predicted octanol–water partition coefficient (Wildman–Crippen LogP) is 4.31. The number of benzene rings is 2. The molecule has 0 aliphatic rings. The molecule has 11 heteroatoms. The van der Waals surface area contributed by atoms with E-state index in [1.54, 1.807) is 17.5 Å². The molecule has 0 bridgehead atoms. The lowest BCUT2D eigenvalue weighted by atomic mass is 10.1. The van der Waals surface area contributed by atoms with Gasteiger partial charge in [0, 0.05) is 34.2 Å². The third-order valence-electron chi connectivity index (χ3n) is 3.88. The van der Waals surface area contributed by atoms with Crippen molar-refractivity contribution in [3.63, 3.8) is 0 Å². The van der Waals surface area contributed by atoms with Crippen molar-refractivity contribution in [1.82, 2.24) is 0 Å². The van der Waals surface area contributed by atoms with Crippen LogP contribution in [0.1, 0.15) is 5.56 Å². The van der Waals surface area contributed by atoms with E-state index in [0.717, 1.165) is 6.07 Å². The highest BCUT2D eigenvalue weighted by molar-refractivity contribution is 7.87. The van der Waals surface area contributed by atoms with Crippen LogP contribution in [-0.2, 0) is 10.1 Å². The summed E-state index contributed by atoms with van der Waals surface area (Å²) in [6.07, 6.45) is 0. The molecule has 0 aliphatic heterocycles. The highest BCUT2D eigenvalue weighted by Gasteiger charge is 2.26. The first-order chi connectivity index (χ1) is 13.2. The first kappa shape index (κ1) is 19.5. The molecule has 1 aromatic heterocycles. The predicted molar refractivity (Wildman–Crippen MR) is 102 cm³/mol. The monoisotopic (exact) mass is 420 g/mol. The number of nitro groups is 2. The Labute approximate surface area is 163 Å². The molecule has 0 amide bonds. The Morgan fingerprint density at radius 1 is 1.00 bits per heavy atom. The van der Waals surface area contributed by atoms with E-state index < -0.39 is 20.0 Å². The van der Waals surface area contributed by atoms with Gasteiger partial charge in [0.2, 0.25) is 0 Å². The number of non-ortho nitro benzene ring substituents is 1. The summed E-state index contributed by atoms with van der Waals surface area (Å²) >= 11 is 1.26. The Balaban J connectivity index is 2.10. The Hall–Kier alpha value is -3.31. The first-order valence-corrected chi connectivity index (χ1v) is 10.0. The van der Waals surface area contributed by atoms with Crippen molar-refractivity contribution in [3.05, 3.63) is 79.7 Å². The van der Waals surface area contributed by atoms with Crippen molar-refractivity contribution in [2.75, 3.05) is 0 Å². The van der Waals surface area contributed by atoms with Crippen molar-refractivity contribution in [2.24, 2.45) is 0 Å². The van der Waals surface area contributed by atoms with Crippen molar-refractivity contribution in [2.45, 2.75) is 11.8 Å². The van der Waals surface area contributed by atoms with E-state index in [4.69, 9.17) is 4.18 Å². The molecule has 0 saturated heterocycles. The number of rotatable bonds is 6. The van der Waals surface area contributed by atoms with Crippen LogP contribution in [0.3, 0.4) is 0 Å². The lowest BCUT2D eigenvalue weighted by Gasteiger charge is -2.12. The SMILES string of the molecule is Cc1c([N+](=O)[O-])cccc1S(=O)(=O)Oc1ccc([N+](=O)[O-])cc1-c1cccs1. The summed E-state index contributed by atoms with van der Waals surface area (Å²) in [5, 5.41) is 23.9. The maximum atomic E-state index is 12.8. The number of hydrogen-bond acceptors (Lipinski definition) is 8. The number of nitrogens with zero attached hydrogens (tertiary/aromatic N) is 2. The minimum absolute atomic E-state index is 0.0629. The summed E-state index contributed by atoms with van der Waals surface area (Å²) in [4.78, 5) is 21.1. The lowest BCUT2D eigenvalue weighted by Crippen LogP contribution is -2.12. The molecule has 0 radical (unpaired) electrons. The van der Waals surface area contributed by atoms with Gasteiger partial charge in [0.15, 0.2) is 5.75 Å². The van der Waals surface area contributed by atoms with Crippen LogP contribution in [0.4, 0.5) is 11.4 Å². The summed E-state index contributed by atoms with van der Waals surface area (Å²) in [5.41, 5.74) is -0.408. The smallest absolute Gasteiger partial charge is 0.339 e. The van der Waals surface area contributed by atoms with Gasteiger partial charge >= 0.3 is 10.1 Å². The standard InChI is InChI=1S/C17H12N2O7S2/c1-11-14(19(22)23)4-2-6-17(11)28(24,25)26-15-8-7-12(18(20)21)10-13(15)16-5-3-9-27-16/h2-10H,1H3. The van der Waals surface area contributed by atoms with Crippen LogP contribution in [0.5, 0.6) is 5.75 Å². The molecule has 0 aliphatic carbocycles. The molecule has 2 aromatic carbocycles. The number of nitro benzene ring substituents is 2. The molecule has 0 atom stereocenters. The average molecular weight is 420 g/mol. The van der Waals surface area contributed by atoms with E-state index in [9.17, 15) is 28.6 Å². The van der Waals surface area contributed by atoms with Crippen molar-refractivity contribution in [3.8, 4) is 16.2 Å². The van der Waals surface area contributed by atoms with E-state index in [2.05, 4.69) is 0 Å². The molecule has 1 heterocycles. The average Bonchev–Trinajstić information content (AvgIpc) is 3.15. The molecule has 0 fully saturated rings. The third kappa shape index (κ3) is 3.70. The molecule has 3 rings (SSSR count). The van der Waals surface area contributed by atoms with Gasteiger partial charge in [-0.2, -0.15) is 8.42 Å². The maximum Gasteiger partial charge on any atom is 0.339 e. The highest BCUT2D eigenvalue weighted by atomic mass is 32.2. The fourth-order valence-electron chi connectivity index (χ4n) is 2.56. The van der Waals surface area contributed by atoms with Crippen molar-refractivity contribution >= 4 is 32.8 Å². The zero-order valence-corrected chi connectivity index (χ0v) is 15.9. The van der Waals surface area contributed by atoms with Crippen LogP contribution in [-0.4, -0.2) is 18.3 Å². The minimum atomic E-state index is -4.42. The van der Waals surface area contributed by atoms with Gasteiger partial charge in [0.05, 0.1) is 9.85 Å². The Kier molecular flexibility index (Phi) is 5.12. The number of hydrogen-bond donors (Lipinski definition) is 0. The van der Waals surface area contributed by atoms with Crippen LogP contribution >= 0.6 is 11.3 Å². The van der Waals surface area contributed by atoms with Gasteiger partial charge in [-0.05, 0) is 30.5 Å². The fraction of sp³-hybridized carbons (Fsp3) is 0.0588. The molecular weight excluding hydrogens is 408 g/mol. The van der Waals surface area contributed by atoms with E-state index in [1.807, 2.05) is 0 Å². The van der Waals surface area contributed by atoms with Crippen LogP contribution in [0, 0.1) is 27.2 Å². The largest absolute Gasteiger partial charge is 0.378 e. The van der Waals surface area contributed by atoms with Crippen LogP contribution in [0.25, 0.3) is 10.4 Å². The normalized spacial score (nSPS) is 11.2. The van der Waals surface area contributed by atoms with E-state index in [-0.39, 0.29) is 33.1 Å². The van der Waals surface area contributed by atoms with Gasteiger partial charge in [-0.3, -0.25) is 20.2 Å². The number of thiophene rings is 1. The maximum absolute atomic E-state index is 12.8. The highest BCUT2D eigenvalue weighted by Crippen LogP contribution is 2.38. The van der Waals surface area contributed by atoms with Crippen LogP contribution in [0.15, 0.2) is 58.8 Å². The van der Waals surface area contributed by atoms with Gasteiger partial charge in [0.25, 0.3) is 11.4 Å². The Morgan fingerprint density at radius 3 is 2.36 bits per heavy atom. The summed E-state index contributed by atoms with van der Waals surface area (Å²) in [5.74, 6) is -0.112. The molecular formula is C17H12N2O7S2. The van der Waals surface area contributed by atoms with Gasteiger partial charge < -0.3 is 4.18 Å². The van der Waals surface area contributed by atoms with E-state index in [0.29, 0.717) is 4.88 Å². The van der Waals surface area contributed by atoms with Crippen molar-refractivity contribution < 1.29 is 22.4 Å². The van der Waals surface area contributed by atoms with Gasteiger partial charge in [0.1, 0.15) is 4.90 Å². The van der Waals surface area contributed by atoms with Crippen molar-refractivity contribution in [1.29, 1.82) is 0 Å². The second-order valence-electron chi connectivity index (χ2n) is 5.61. The lowest BCUT2D eigenvalue weighted by molar-refractivity contribution is -0.385. The van der Waals surface area contributed by atoms with E-state index in [1.165, 1.54) is 48.6 Å². The van der Waals surface area contributed by atoms with E-state index >= 15 is 0 Å². The fourth-order valence-corrected chi connectivity index (χ4v) is 4.51. The summed E-state index contributed by atoms with van der Waals surface area (Å²) < 4.78 is 30.8. The molecule has 28 heavy (non-hydrogen) atoms. The molecule has 144 valence electrons. The summed E-state index contributed by atoms with van der Waals surface area (Å²) in [6, 6.07) is 10.6. The van der Waals surface area contributed by atoms with Crippen LogP contribution in [0.2, 0.25) is 0 Å². The van der Waals surface area contributed by atoms with Crippen LogP contribution < -0.4 is 4.18 Å². The molecule has 3 aromatic rings.